The zero-order valence-corrected chi connectivity index (χ0v) is 15.9. The second-order valence-corrected chi connectivity index (χ2v) is 7.50. The molecular weight excluding hydrogens is 405 g/mol. The fourth-order valence-corrected chi connectivity index (χ4v) is 4.35. The molecule has 4 rings (SSSR count). The number of aliphatic carboxylic acids is 1. The highest BCUT2D eigenvalue weighted by Gasteiger charge is 2.53. The first-order chi connectivity index (χ1) is 13.4. The summed E-state index contributed by atoms with van der Waals surface area (Å²) in [6.45, 7) is 0.322. The first-order valence-corrected chi connectivity index (χ1v) is 9.29. The van der Waals surface area contributed by atoms with Crippen LogP contribution in [0.3, 0.4) is 0 Å². The molecule has 144 valence electrons. The first kappa shape index (κ1) is 18.8. The molecule has 0 amide bonds. The molecule has 2 atom stereocenters. The van der Waals surface area contributed by atoms with Gasteiger partial charge < -0.3 is 19.9 Å². The number of aromatic hydroxyl groups is 1. The van der Waals surface area contributed by atoms with Crippen LogP contribution in [0.25, 0.3) is 11.0 Å². The van der Waals surface area contributed by atoms with Gasteiger partial charge in [0, 0.05) is 0 Å². The zero-order valence-electron chi connectivity index (χ0n) is 14.4. The van der Waals surface area contributed by atoms with Gasteiger partial charge in [-0.2, -0.15) is 0 Å². The molecule has 2 aromatic carbocycles. The van der Waals surface area contributed by atoms with Crippen LogP contribution >= 0.6 is 23.2 Å². The van der Waals surface area contributed by atoms with Crippen molar-refractivity contribution in [3.8, 4) is 5.75 Å². The molecule has 2 heterocycles. The van der Waals surface area contributed by atoms with E-state index in [-0.39, 0.29) is 28.3 Å². The summed E-state index contributed by atoms with van der Waals surface area (Å²) in [4.78, 5) is 25.0. The Hall–Kier alpha value is -2.54. The van der Waals surface area contributed by atoms with Gasteiger partial charge in [-0.3, -0.25) is 4.79 Å². The standard InChI is InChI=1S/C20H15Cl2NO5/c21-12-6-5-10(9-13(12)22)20(7-8-23-17(20)18(25)26)15-16(24)11-3-1-2-4-14(11)28-19(15)27/h1-6,9,17,23-24H,7-8H2,(H,25,26)/t17-,20?/m1/s1. The van der Waals surface area contributed by atoms with Crippen molar-refractivity contribution in [1.29, 1.82) is 0 Å². The highest BCUT2D eigenvalue weighted by molar-refractivity contribution is 6.42. The van der Waals surface area contributed by atoms with E-state index in [2.05, 4.69) is 5.32 Å². The molecule has 0 spiro atoms. The van der Waals surface area contributed by atoms with Crippen molar-refractivity contribution in [2.45, 2.75) is 17.9 Å². The molecule has 0 aliphatic carbocycles. The number of halogens is 2. The molecule has 3 aromatic rings. The Morgan fingerprint density at radius 1 is 1.18 bits per heavy atom. The topological polar surface area (TPSA) is 99.8 Å². The summed E-state index contributed by atoms with van der Waals surface area (Å²) >= 11 is 12.2. The minimum absolute atomic E-state index is 0.109. The van der Waals surface area contributed by atoms with Gasteiger partial charge in [-0.15, -0.1) is 0 Å². The Labute approximate surface area is 169 Å². The number of benzene rings is 2. The molecule has 0 bridgehead atoms. The van der Waals surface area contributed by atoms with Crippen molar-refractivity contribution in [3.63, 3.8) is 0 Å². The summed E-state index contributed by atoms with van der Waals surface area (Å²) in [5.41, 5.74) is -1.61. The van der Waals surface area contributed by atoms with Crippen molar-refractivity contribution in [1.82, 2.24) is 5.32 Å². The van der Waals surface area contributed by atoms with Crippen LogP contribution in [0.2, 0.25) is 10.0 Å². The summed E-state index contributed by atoms with van der Waals surface area (Å²) in [7, 11) is 0. The Morgan fingerprint density at radius 3 is 2.64 bits per heavy atom. The smallest absolute Gasteiger partial charge is 0.344 e. The average Bonchev–Trinajstić information content (AvgIpc) is 3.10. The van der Waals surface area contributed by atoms with Crippen molar-refractivity contribution >= 4 is 40.1 Å². The largest absolute Gasteiger partial charge is 0.507 e. The number of fused-ring (bicyclic) bond motifs is 1. The monoisotopic (exact) mass is 419 g/mol. The predicted molar refractivity (Wildman–Crippen MR) is 105 cm³/mol. The number of hydrogen-bond acceptors (Lipinski definition) is 5. The quantitative estimate of drug-likeness (QED) is 0.561. The number of carboxylic acid groups (broad SMARTS) is 1. The van der Waals surface area contributed by atoms with Crippen LogP contribution < -0.4 is 10.9 Å². The van der Waals surface area contributed by atoms with Gasteiger partial charge >= 0.3 is 11.6 Å². The van der Waals surface area contributed by atoms with Crippen LogP contribution in [0.15, 0.2) is 51.7 Å². The maximum atomic E-state index is 12.9. The van der Waals surface area contributed by atoms with Crippen molar-refractivity contribution in [3.05, 3.63) is 74.1 Å². The predicted octanol–water partition coefficient (Wildman–Crippen LogP) is 3.54. The van der Waals surface area contributed by atoms with E-state index in [4.69, 9.17) is 27.6 Å². The Balaban J connectivity index is 2.11. The van der Waals surface area contributed by atoms with E-state index < -0.39 is 23.1 Å². The molecule has 1 aliphatic rings. The van der Waals surface area contributed by atoms with Crippen LogP contribution in [0.5, 0.6) is 5.75 Å². The summed E-state index contributed by atoms with van der Waals surface area (Å²) in [5, 5.41) is 24.6. The van der Waals surface area contributed by atoms with Gasteiger partial charge in [0.2, 0.25) is 0 Å². The minimum Gasteiger partial charge on any atom is -0.507 e. The van der Waals surface area contributed by atoms with E-state index in [1.807, 2.05) is 0 Å². The molecular formula is C20H15Cl2NO5. The van der Waals surface area contributed by atoms with Gasteiger partial charge in [0.05, 0.1) is 26.4 Å². The Kier molecular flexibility index (Phi) is 4.57. The van der Waals surface area contributed by atoms with Crippen LogP contribution in [0.4, 0.5) is 0 Å². The molecule has 8 heteroatoms. The lowest BCUT2D eigenvalue weighted by molar-refractivity contribution is -0.140. The van der Waals surface area contributed by atoms with Gasteiger partial charge in [0.25, 0.3) is 0 Å². The van der Waals surface area contributed by atoms with Gasteiger partial charge in [0.1, 0.15) is 17.4 Å². The molecule has 1 fully saturated rings. The van der Waals surface area contributed by atoms with E-state index in [1.165, 1.54) is 12.1 Å². The molecule has 6 nitrogen and oxygen atoms in total. The lowest BCUT2D eigenvalue weighted by Crippen LogP contribution is -2.49. The van der Waals surface area contributed by atoms with Crippen molar-refractivity contribution in [2.24, 2.45) is 0 Å². The fraction of sp³-hybridized carbons (Fsp3) is 0.200. The highest BCUT2D eigenvalue weighted by Crippen LogP contribution is 2.46. The molecule has 1 saturated heterocycles. The van der Waals surface area contributed by atoms with Crippen LogP contribution in [-0.2, 0) is 10.2 Å². The van der Waals surface area contributed by atoms with Gasteiger partial charge in [0.15, 0.2) is 0 Å². The Bertz CT molecular complexity index is 1160. The molecule has 3 N–H and O–H groups in total. The molecule has 1 unspecified atom stereocenters. The van der Waals surface area contributed by atoms with E-state index in [0.29, 0.717) is 22.5 Å². The summed E-state index contributed by atoms with van der Waals surface area (Å²) < 4.78 is 5.42. The molecule has 1 aromatic heterocycles. The third-order valence-electron chi connectivity index (χ3n) is 5.27. The third-order valence-corrected chi connectivity index (χ3v) is 6.01. The number of para-hydroxylation sites is 1. The fourth-order valence-electron chi connectivity index (χ4n) is 4.06. The molecule has 1 aliphatic heterocycles. The Morgan fingerprint density at radius 2 is 1.93 bits per heavy atom. The second kappa shape index (κ2) is 6.81. The number of carbonyl (C=O) groups is 1. The zero-order chi connectivity index (χ0) is 20.1. The van der Waals surface area contributed by atoms with Crippen LogP contribution in [0, 0.1) is 0 Å². The number of nitrogens with one attached hydrogen (secondary N) is 1. The summed E-state index contributed by atoms with van der Waals surface area (Å²) in [6, 6.07) is 10.1. The summed E-state index contributed by atoms with van der Waals surface area (Å²) in [6.07, 6.45) is 0.249. The number of carboxylic acids is 1. The average molecular weight is 420 g/mol. The van der Waals surface area contributed by atoms with E-state index in [0.717, 1.165) is 0 Å². The van der Waals surface area contributed by atoms with E-state index >= 15 is 0 Å². The van der Waals surface area contributed by atoms with E-state index in [9.17, 15) is 19.8 Å². The first-order valence-electron chi connectivity index (χ1n) is 8.53. The van der Waals surface area contributed by atoms with Crippen molar-refractivity contribution in [2.75, 3.05) is 6.54 Å². The SMILES string of the molecule is O=C(O)[C@H]1NCCC1(c1ccc(Cl)c(Cl)c1)c1c(O)c2ccccc2oc1=O. The van der Waals surface area contributed by atoms with Crippen LogP contribution in [0.1, 0.15) is 17.5 Å². The maximum absolute atomic E-state index is 12.9. The van der Waals surface area contributed by atoms with E-state index in [1.54, 1.807) is 30.3 Å². The molecule has 0 radical (unpaired) electrons. The van der Waals surface area contributed by atoms with Crippen molar-refractivity contribution < 1.29 is 19.4 Å². The van der Waals surface area contributed by atoms with Gasteiger partial charge in [-0.1, -0.05) is 41.4 Å². The third kappa shape index (κ3) is 2.68. The maximum Gasteiger partial charge on any atom is 0.344 e. The number of hydrogen-bond donors (Lipinski definition) is 3. The molecule has 0 saturated carbocycles. The lowest BCUT2D eigenvalue weighted by Gasteiger charge is -2.33. The highest BCUT2D eigenvalue weighted by atomic mass is 35.5. The number of rotatable bonds is 3. The normalized spacial score (nSPS) is 21.9. The minimum atomic E-state index is -1.38. The summed E-state index contributed by atoms with van der Waals surface area (Å²) in [5.74, 6) is -1.46. The lowest BCUT2D eigenvalue weighted by atomic mass is 9.69. The van der Waals surface area contributed by atoms with Gasteiger partial charge in [-0.05, 0) is 42.8 Å². The molecule has 28 heavy (non-hydrogen) atoms. The van der Waals surface area contributed by atoms with Crippen LogP contribution in [-0.4, -0.2) is 28.8 Å². The van der Waals surface area contributed by atoms with Gasteiger partial charge in [-0.25, -0.2) is 4.79 Å². The second-order valence-electron chi connectivity index (χ2n) is 6.68.